The van der Waals surface area contributed by atoms with Gasteiger partial charge in [0, 0.05) is 32.2 Å². The molecule has 1 aliphatic heterocycles. The first-order valence-electron chi connectivity index (χ1n) is 6.48. The molecule has 6 heteroatoms. The van der Waals surface area contributed by atoms with E-state index in [4.69, 9.17) is 10.5 Å². The average Bonchev–Trinajstić information content (AvgIpc) is 2.46. The third kappa shape index (κ3) is 2.84. The van der Waals surface area contributed by atoms with Crippen molar-refractivity contribution in [2.24, 2.45) is 5.73 Å². The highest BCUT2D eigenvalue weighted by atomic mass is 16.5. The van der Waals surface area contributed by atoms with Crippen molar-refractivity contribution in [2.75, 3.05) is 31.6 Å². The summed E-state index contributed by atoms with van der Waals surface area (Å²) in [5.41, 5.74) is 6.39. The van der Waals surface area contributed by atoms with E-state index in [1.165, 1.54) is 11.8 Å². The molecule has 2 amide bonds. The van der Waals surface area contributed by atoms with E-state index in [2.05, 4.69) is 0 Å². The van der Waals surface area contributed by atoms with Gasteiger partial charge in [0.1, 0.15) is 11.8 Å². The summed E-state index contributed by atoms with van der Waals surface area (Å²) in [6.07, 6.45) is 0. The second-order valence-corrected chi connectivity index (χ2v) is 4.77. The molecule has 2 N–H and O–H groups in total. The zero-order valence-electron chi connectivity index (χ0n) is 11.7. The second-order valence-electron chi connectivity index (χ2n) is 4.77. The Balaban J connectivity index is 2.15. The van der Waals surface area contributed by atoms with Crippen LogP contribution in [0.4, 0.5) is 5.69 Å². The molecule has 0 bridgehead atoms. The zero-order valence-corrected chi connectivity index (χ0v) is 11.7. The molecule has 0 spiro atoms. The van der Waals surface area contributed by atoms with Crippen molar-refractivity contribution in [1.82, 2.24) is 4.90 Å². The summed E-state index contributed by atoms with van der Waals surface area (Å²) >= 11 is 0. The van der Waals surface area contributed by atoms with E-state index in [9.17, 15) is 9.59 Å². The summed E-state index contributed by atoms with van der Waals surface area (Å²) in [6.45, 7) is 3.05. The smallest absolute Gasteiger partial charge is 0.242 e. The Morgan fingerprint density at radius 1 is 1.25 bits per heavy atom. The number of piperazine rings is 1. The van der Waals surface area contributed by atoms with Crippen molar-refractivity contribution in [3.8, 4) is 5.75 Å². The molecule has 108 valence electrons. The van der Waals surface area contributed by atoms with Crippen LogP contribution in [0.2, 0.25) is 0 Å². The van der Waals surface area contributed by atoms with Gasteiger partial charge < -0.3 is 20.3 Å². The number of nitrogens with two attached hydrogens (primary N) is 1. The summed E-state index contributed by atoms with van der Waals surface area (Å²) in [4.78, 5) is 26.6. The van der Waals surface area contributed by atoms with Crippen LogP contribution < -0.4 is 15.4 Å². The van der Waals surface area contributed by atoms with Crippen LogP contribution in [0.5, 0.6) is 5.75 Å². The quantitative estimate of drug-likeness (QED) is 0.857. The maximum Gasteiger partial charge on any atom is 0.242 e. The summed E-state index contributed by atoms with van der Waals surface area (Å²) in [5, 5.41) is 0. The van der Waals surface area contributed by atoms with Crippen LogP contribution in [-0.4, -0.2) is 49.5 Å². The Bertz CT molecular complexity index is 501. The Hall–Kier alpha value is -2.24. The number of nitrogens with zero attached hydrogens (tertiary/aromatic N) is 2. The van der Waals surface area contributed by atoms with E-state index in [0.29, 0.717) is 19.6 Å². The van der Waals surface area contributed by atoms with Crippen molar-refractivity contribution in [3.05, 3.63) is 24.3 Å². The molecular weight excluding hydrogens is 258 g/mol. The van der Waals surface area contributed by atoms with Crippen LogP contribution in [0.25, 0.3) is 0 Å². The Morgan fingerprint density at radius 2 is 1.90 bits per heavy atom. The molecule has 2 rings (SSSR count). The van der Waals surface area contributed by atoms with E-state index < -0.39 is 11.9 Å². The fourth-order valence-electron chi connectivity index (χ4n) is 2.43. The zero-order chi connectivity index (χ0) is 14.7. The molecule has 0 aliphatic carbocycles. The fourth-order valence-corrected chi connectivity index (χ4v) is 2.43. The second kappa shape index (κ2) is 5.81. The number of carbonyl (C=O) groups excluding carboxylic acids is 2. The Labute approximate surface area is 118 Å². The van der Waals surface area contributed by atoms with Gasteiger partial charge >= 0.3 is 0 Å². The normalized spacial score (nSPS) is 18.8. The first kappa shape index (κ1) is 14.2. The number of hydrogen-bond acceptors (Lipinski definition) is 4. The highest BCUT2D eigenvalue weighted by Gasteiger charge is 2.32. The maximum atomic E-state index is 11.5. The van der Waals surface area contributed by atoms with Gasteiger partial charge in [-0.1, -0.05) is 0 Å². The molecule has 6 nitrogen and oxygen atoms in total. The number of benzene rings is 1. The summed E-state index contributed by atoms with van der Waals surface area (Å²) in [7, 11) is 1.61. The molecule has 1 aromatic rings. The summed E-state index contributed by atoms with van der Waals surface area (Å²) in [5.74, 6) is 0.184. The lowest BCUT2D eigenvalue weighted by atomic mass is 10.1. The first-order valence-corrected chi connectivity index (χ1v) is 6.48. The summed E-state index contributed by atoms with van der Waals surface area (Å²) in [6, 6.07) is 7.02. The number of ether oxygens (including phenoxy) is 1. The number of hydrogen-bond donors (Lipinski definition) is 1. The van der Waals surface area contributed by atoms with Gasteiger partial charge in [-0.15, -0.1) is 0 Å². The van der Waals surface area contributed by atoms with Crippen molar-refractivity contribution < 1.29 is 14.3 Å². The van der Waals surface area contributed by atoms with E-state index >= 15 is 0 Å². The molecule has 0 aromatic heterocycles. The van der Waals surface area contributed by atoms with Crippen LogP contribution >= 0.6 is 0 Å². The number of primary amides is 1. The average molecular weight is 277 g/mol. The van der Waals surface area contributed by atoms with E-state index in [1.54, 1.807) is 7.11 Å². The van der Waals surface area contributed by atoms with Crippen LogP contribution in [0.15, 0.2) is 24.3 Å². The van der Waals surface area contributed by atoms with Crippen LogP contribution in [0.1, 0.15) is 6.92 Å². The van der Waals surface area contributed by atoms with Gasteiger partial charge in [0.25, 0.3) is 0 Å². The third-order valence-corrected chi connectivity index (χ3v) is 3.55. The lowest BCUT2D eigenvalue weighted by molar-refractivity contribution is -0.138. The lowest BCUT2D eigenvalue weighted by Crippen LogP contribution is -2.59. The molecule has 20 heavy (non-hydrogen) atoms. The third-order valence-electron chi connectivity index (χ3n) is 3.55. The largest absolute Gasteiger partial charge is 0.497 e. The number of amides is 2. The van der Waals surface area contributed by atoms with Gasteiger partial charge in [-0.2, -0.15) is 0 Å². The van der Waals surface area contributed by atoms with Gasteiger partial charge in [0.2, 0.25) is 11.8 Å². The van der Waals surface area contributed by atoms with Crippen LogP contribution in [-0.2, 0) is 9.59 Å². The SMILES string of the molecule is COc1ccc(N2CCN(C(C)=O)C(C(N)=O)C2)cc1. The van der Waals surface area contributed by atoms with Crippen LogP contribution in [0, 0.1) is 0 Å². The maximum absolute atomic E-state index is 11.5. The molecule has 1 aliphatic rings. The van der Waals surface area contributed by atoms with Crippen molar-refractivity contribution in [2.45, 2.75) is 13.0 Å². The first-order chi connectivity index (χ1) is 9.52. The molecule has 1 unspecified atom stereocenters. The van der Waals surface area contributed by atoms with E-state index in [1.807, 2.05) is 29.2 Å². The number of carbonyl (C=O) groups is 2. The minimum absolute atomic E-state index is 0.122. The molecule has 1 aromatic carbocycles. The molecule has 1 atom stereocenters. The standard InChI is InChI=1S/C14H19N3O3/c1-10(18)17-8-7-16(9-13(17)14(15)19)11-3-5-12(20-2)6-4-11/h3-6,13H,7-9H2,1-2H3,(H2,15,19). The Morgan fingerprint density at radius 3 is 2.40 bits per heavy atom. The summed E-state index contributed by atoms with van der Waals surface area (Å²) < 4.78 is 5.12. The van der Waals surface area contributed by atoms with Gasteiger partial charge in [-0.25, -0.2) is 0 Å². The number of anilines is 1. The predicted octanol–water partition coefficient (Wildman–Crippen LogP) is 0.218. The molecule has 1 saturated heterocycles. The van der Waals surface area contributed by atoms with Crippen molar-refractivity contribution in [3.63, 3.8) is 0 Å². The minimum Gasteiger partial charge on any atom is -0.497 e. The van der Waals surface area contributed by atoms with Gasteiger partial charge in [0.05, 0.1) is 7.11 Å². The fraction of sp³-hybridized carbons (Fsp3) is 0.429. The highest BCUT2D eigenvalue weighted by molar-refractivity contribution is 5.86. The lowest BCUT2D eigenvalue weighted by Gasteiger charge is -2.40. The van der Waals surface area contributed by atoms with Gasteiger partial charge in [0.15, 0.2) is 0 Å². The molecular formula is C14H19N3O3. The van der Waals surface area contributed by atoms with Gasteiger partial charge in [-0.3, -0.25) is 9.59 Å². The minimum atomic E-state index is -0.580. The molecule has 0 radical (unpaired) electrons. The predicted molar refractivity (Wildman–Crippen MR) is 75.6 cm³/mol. The molecule has 1 fully saturated rings. The van der Waals surface area contributed by atoms with Gasteiger partial charge in [-0.05, 0) is 24.3 Å². The monoisotopic (exact) mass is 277 g/mol. The number of methoxy groups -OCH3 is 1. The van der Waals surface area contributed by atoms with E-state index in [-0.39, 0.29) is 5.91 Å². The highest BCUT2D eigenvalue weighted by Crippen LogP contribution is 2.22. The van der Waals surface area contributed by atoms with Crippen molar-refractivity contribution >= 4 is 17.5 Å². The van der Waals surface area contributed by atoms with Crippen molar-refractivity contribution in [1.29, 1.82) is 0 Å². The van der Waals surface area contributed by atoms with Crippen LogP contribution in [0.3, 0.4) is 0 Å². The topological polar surface area (TPSA) is 75.9 Å². The van der Waals surface area contributed by atoms with E-state index in [0.717, 1.165) is 11.4 Å². The number of rotatable bonds is 3. The Kier molecular flexibility index (Phi) is 4.12. The molecule has 1 heterocycles. The molecule has 0 saturated carbocycles.